The Morgan fingerprint density at radius 3 is 2.90 bits per heavy atom. The van der Waals surface area contributed by atoms with Gasteiger partial charge < -0.3 is 5.32 Å². The molecule has 0 atom stereocenters. The Morgan fingerprint density at radius 2 is 2.24 bits per heavy atom. The van der Waals surface area contributed by atoms with Crippen LogP contribution in [-0.4, -0.2) is 26.2 Å². The summed E-state index contributed by atoms with van der Waals surface area (Å²) in [7, 11) is 0. The van der Waals surface area contributed by atoms with Crippen LogP contribution in [-0.2, 0) is 6.54 Å². The van der Waals surface area contributed by atoms with E-state index in [9.17, 15) is 0 Å². The fraction of sp³-hybridized carbons (Fsp3) is 0.500. The van der Waals surface area contributed by atoms with Crippen molar-refractivity contribution in [3.63, 3.8) is 0 Å². The molecule has 5 nitrogen and oxygen atoms in total. The molecule has 0 amide bonds. The van der Waals surface area contributed by atoms with Crippen LogP contribution >= 0.6 is 23.4 Å². The first-order valence-electron chi connectivity index (χ1n) is 7.11. The van der Waals surface area contributed by atoms with Gasteiger partial charge in [0.25, 0.3) is 0 Å². The highest BCUT2D eigenvalue weighted by atomic mass is 35.5. The number of nitrogens with one attached hydrogen (secondary N) is 1. The highest BCUT2D eigenvalue weighted by Gasteiger charge is 2.28. The largest absolute Gasteiger partial charge is 0.310 e. The highest BCUT2D eigenvalue weighted by molar-refractivity contribution is 7.99. The average Bonchev–Trinajstić information content (AvgIpc) is 3.19. The second-order valence-corrected chi connectivity index (χ2v) is 6.96. The van der Waals surface area contributed by atoms with Gasteiger partial charge in [0.2, 0.25) is 5.16 Å². The van der Waals surface area contributed by atoms with E-state index in [0.717, 1.165) is 34.5 Å². The third-order valence-corrected chi connectivity index (χ3v) is 4.72. The maximum atomic E-state index is 6.38. The van der Waals surface area contributed by atoms with Crippen LogP contribution in [0.25, 0.3) is 0 Å². The van der Waals surface area contributed by atoms with Crippen molar-refractivity contribution in [3.05, 3.63) is 28.8 Å². The Labute approximate surface area is 133 Å². The van der Waals surface area contributed by atoms with Crippen molar-refractivity contribution in [1.82, 2.24) is 25.5 Å². The molecule has 7 heteroatoms. The third-order valence-electron chi connectivity index (χ3n) is 3.27. The molecule has 3 rings (SSSR count). The van der Waals surface area contributed by atoms with Crippen LogP contribution in [0, 0.1) is 0 Å². The molecular weight excluding hydrogens is 306 g/mol. The number of benzene rings is 1. The fourth-order valence-corrected chi connectivity index (χ4v) is 3.12. The van der Waals surface area contributed by atoms with Crippen LogP contribution in [0.3, 0.4) is 0 Å². The van der Waals surface area contributed by atoms with Crippen molar-refractivity contribution in [2.75, 3.05) is 0 Å². The lowest BCUT2D eigenvalue weighted by atomic mass is 10.2. The van der Waals surface area contributed by atoms with Gasteiger partial charge in [0.1, 0.15) is 0 Å². The van der Waals surface area contributed by atoms with Gasteiger partial charge in [-0.05, 0) is 52.7 Å². The summed E-state index contributed by atoms with van der Waals surface area (Å²) in [6.45, 7) is 5.08. The molecule has 1 aromatic heterocycles. The summed E-state index contributed by atoms with van der Waals surface area (Å²) < 4.78 is 1.90. The summed E-state index contributed by atoms with van der Waals surface area (Å²) in [5.41, 5.74) is 1.18. The van der Waals surface area contributed by atoms with Crippen molar-refractivity contribution in [2.24, 2.45) is 0 Å². The van der Waals surface area contributed by atoms with E-state index in [-0.39, 0.29) is 0 Å². The van der Waals surface area contributed by atoms with E-state index in [1.165, 1.54) is 17.3 Å². The maximum absolute atomic E-state index is 6.38. The van der Waals surface area contributed by atoms with E-state index in [2.05, 4.69) is 40.8 Å². The van der Waals surface area contributed by atoms with Crippen LogP contribution in [0.5, 0.6) is 0 Å². The molecule has 1 fully saturated rings. The number of aromatic nitrogens is 4. The van der Waals surface area contributed by atoms with E-state index < -0.39 is 0 Å². The molecule has 112 valence electrons. The molecule has 0 unspecified atom stereocenters. The van der Waals surface area contributed by atoms with Gasteiger partial charge in [-0.3, -0.25) is 0 Å². The third kappa shape index (κ3) is 3.75. The number of hydrogen-bond donors (Lipinski definition) is 1. The molecule has 0 bridgehead atoms. The normalized spacial score (nSPS) is 14.9. The van der Waals surface area contributed by atoms with E-state index >= 15 is 0 Å². The van der Waals surface area contributed by atoms with Gasteiger partial charge in [-0.2, -0.15) is 0 Å². The van der Waals surface area contributed by atoms with Gasteiger partial charge in [0, 0.05) is 17.5 Å². The van der Waals surface area contributed by atoms with Gasteiger partial charge in [-0.15, -0.1) is 5.10 Å². The lowest BCUT2D eigenvalue weighted by molar-refractivity contribution is 0.565. The SMILES string of the molecule is CC(C)NCc1ccc(Sc2nnnn2C2CC2)c(Cl)c1. The number of halogens is 1. The van der Waals surface area contributed by atoms with Crippen LogP contribution < -0.4 is 5.32 Å². The first-order chi connectivity index (χ1) is 10.1. The Hall–Kier alpha value is -1.11. The van der Waals surface area contributed by atoms with Crippen molar-refractivity contribution in [1.29, 1.82) is 0 Å². The Morgan fingerprint density at radius 1 is 1.43 bits per heavy atom. The molecule has 21 heavy (non-hydrogen) atoms. The molecule has 0 radical (unpaired) electrons. The molecule has 0 aliphatic heterocycles. The molecule has 2 aromatic rings. The van der Waals surface area contributed by atoms with Crippen molar-refractivity contribution >= 4 is 23.4 Å². The molecule has 1 aliphatic rings. The predicted molar refractivity (Wildman–Crippen MR) is 83.6 cm³/mol. The molecule has 1 N–H and O–H groups in total. The second kappa shape index (κ2) is 6.34. The topological polar surface area (TPSA) is 55.6 Å². The molecular formula is C14H18ClN5S. The molecule has 1 heterocycles. The minimum Gasteiger partial charge on any atom is -0.310 e. The monoisotopic (exact) mass is 323 g/mol. The number of rotatable bonds is 6. The maximum Gasteiger partial charge on any atom is 0.214 e. The predicted octanol–water partition coefficient (Wildman–Crippen LogP) is 3.31. The lowest BCUT2D eigenvalue weighted by Gasteiger charge is -2.10. The molecule has 0 spiro atoms. The van der Waals surface area contributed by atoms with Gasteiger partial charge in [-0.25, -0.2) is 4.68 Å². The van der Waals surface area contributed by atoms with Crippen LogP contribution in [0.4, 0.5) is 0 Å². The Kier molecular flexibility index (Phi) is 4.47. The van der Waals surface area contributed by atoms with Crippen molar-refractivity contribution in [3.8, 4) is 0 Å². The van der Waals surface area contributed by atoms with E-state index in [4.69, 9.17) is 11.6 Å². The first-order valence-corrected chi connectivity index (χ1v) is 8.30. The number of hydrogen-bond acceptors (Lipinski definition) is 5. The van der Waals surface area contributed by atoms with Crippen LogP contribution in [0.15, 0.2) is 28.3 Å². The number of nitrogens with zero attached hydrogens (tertiary/aromatic N) is 4. The standard InChI is InChI=1S/C14H18ClN5S/c1-9(2)16-8-10-3-6-13(12(15)7-10)21-14-17-18-19-20(14)11-4-5-11/h3,6-7,9,11,16H,4-5,8H2,1-2H3. The molecule has 0 saturated heterocycles. The minimum atomic E-state index is 0.459. The summed E-state index contributed by atoms with van der Waals surface area (Å²) in [5.74, 6) is 0. The summed E-state index contributed by atoms with van der Waals surface area (Å²) in [4.78, 5) is 0.988. The summed E-state index contributed by atoms with van der Waals surface area (Å²) >= 11 is 7.91. The van der Waals surface area contributed by atoms with Crippen LogP contribution in [0.2, 0.25) is 5.02 Å². The van der Waals surface area contributed by atoms with E-state index in [1.807, 2.05) is 16.8 Å². The van der Waals surface area contributed by atoms with Gasteiger partial charge in [0.15, 0.2) is 0 Å². The van der Waals surface area contributed by atoms with Gasteiger partial charge >= 0.3 is 0 Å². The smallest absolute Gasteiger partial charge is 0.214 e. The summed E-state index contributed by atoms with van der Waals surface area (Å²) in [5, 5.41) is 16.8. The van der Waals surface area contributed by atoms with Crippen molar-refractivity contribution < 1.29 is 0 Å². The average molecular weight is 324 g/mol. The van der Waals surface area contributed by atoms with E-state index in [1.54, 1.807) is 0 Å². The van der Waals surface area contributed by atoms with E-state index in [0.29, 0.717) is 12.1 Å². The van der Waals surface area contributed by atoms with Gasteiger partial charge in [0.05, 0.1) is 11.1 Å². The van der Waals surface area contributed by atoms with Crippen LogP contribution in [0.1, 0.15) is 38.3 Å². The Bertz CT molecular complexity index is 624. The van der Waals surface area contributed by atoms with Crippen molar-refractivity contribution in [2.45, 2.75) is 55.4 Å². The second-order valence-electron chi connectivity index (χ2n) is 5.54. The fourth-order valence-electron chi connectivity index (χ4n) is 1.96. The lowest BCUT2D eigenvalue weighted by Crippen LogP contribution is -2.21. The zero-order valence-corrected chi connectivity index (χ0v) is 13.7. The highest BCUT2D eigenvalue weighted by Crippen LogP contribution is 2.39. The Balaban J connectivity index is 1.72. The summed E-state index contributed by atoms with van der Waals surface area (Å²) in [6.07, 6.45) is 2.32. The zero-order chi connectivity index (χ0) is 14.8. The zero-order valence-electron chi connectivity index (χ0n) is 12.1. The molecule has 1 saturated carbocycles. The number of tetrazole rings is 1. The summed E-state index contributed by atoms with van der Waals surface area (Å²) in [6, 6.07) is 7.06. The quantitative estimate of drug-likeness (QED) is 0.884. The minimum absolute atomic E-state index is 0.459. The molecule has 1 aromatic carbocycles. The first kappa shape index (κ1) is 14.8. The molecule has 1 aliphatic carbocycles. The van der Waals surface area contributed by atoms with Gasteiger partial charge in [-0.1, -0.05) is 31.5 Å².